The Hall–Kier alpha value is -0.120. The second-order valence-corrected chi connectivity index (χ2v) is 6.19. The number of likely N-dealkylation sites (tertiary alicyclic amines) is 1. The summed E-state index contributed by atoms with van der Waals surface area (Å²) in [7, 11) is 0. The van der Waals surface area contributed by atoms with Crippen molar-refractivity contribution in [2.24, 2.45) is 0 Å². The molecule has 2 fully saturated rings. The van der Waals surface area contributed by atoms with E-state index in [2.05, 4.69) is 24.1 Å². The summed E-state index contributed by atoms with van der Waals surface area (Å²) in [6.45, 7) is 8.94. The Kier molecular flexibility index (Phi) is 6.62. The van der Waals surface area contributed by atoms with Gasteiger partial charge in [0.15, 0.2) is 0 Å². The van der Waals surface area contributed by atoms with Gasteiger partial charge in [-0.15, -0.1) is 0 Å². The highest BCUT2D eigenvalue weighted by molar-refractivity contribution is 4.85. The number of hydrogen-bond donors (Lipinski definition) is 1. The first kappa shape index (κ1) is 15.3. The Morgan fingerprint density at radius 1 is 1.11 bits per heavy atom. The number of piperidine rings is 1. The molecule has 2 rings (SSSR count). The van der Waals surface area contributed by atoms with Gasteiger partial charge in [-0.2, -0.15) is 0 Å². The molecule has 1 N–H and O–H groups in total. The number of nitrogens with one attached hydrogen (secondary N) is 1. The van der Waals surface area contributed by atoms with Gasteiger partial charge in [-0.25, -0.2) is 0 Å². The zero-order valence-corrected chi connectivity index (χ0v) is 12.9. The Morgan fingerprint density at radius 2 is 1.89 bits per heavy atom. The summed E-state index contributed by atoms with van der Waals surface area (Å²) in [5.74, 6) is 0. The molecule has 19 heavy (non-hydrogen) atoms. The van der Waals surface area contributed by atoms with Crippen LogP contribution in [0.15, 0.2) is 0 Å². The van der Waals surface area contributed by atoms with Crippen LogP contribution in [0.4, 0.5) is 0 Å². The summed E-state index contributed by atoms with van der Waals surface area (Å²) < 4.78 is 5.96. The molecule has 0 amide bonds. The third-order valence-electron chi connectivity index (χ3n) is 4.67. The largest absolute Gasteiger partial charge is 0.377 e. The summed E-state index contributed by atoms with van der Waals surface area (Å²) in [5.41, 5.74) is 0. The smallest absolute Gasteiger partial charge is 0.0702 e. The summed E-state index contributed by atoms with van der Waals surface area (Å²) >= 11 is 0. The molecular formula is C16H32N2O. The first-order valence-electron chi connectivity index (χ1n) is 8.42. The highest BCUT2D eigenvalue weighted by Gasteiger charge is 2.29. The van der Waals surface area contributed by atoms with E-state index in [1.807, 2.05) is 0 Å². The molecule has 0 aromatic heterocycles. The molecule has 0 aromatic rings. The predicted octanol–water partition coefficient (Wildman–Crippen LogP) is 2.80. The Balaban J connectivity index is 1.72. The van der Waals surface area contributed by atoms with E-state index in [0.717, 1.165) is 31.7 Å². The maximum absolute atomic E-state index is 5.96. The minimum atomic E-state index is 0.500. The van der Waals surface area contributed by atoms with Crippen LogP contribution in [0.3, 0.4) is 0 Å². The topological polar surface area (TPSA) is 24.5 Å². The average molecular weight is 268 g/mol. The molecule has 1 unspecified atom stereocenters. The van der Waals surface area contributed by atoms with Gasteiger partial charge in [0, 0.05) is 25.2 Å². The van der Waals surface area contributed by atoms with Gasteiger partial charge in [-0.3, -0.25) is 4.90 Å². The van der Waals surface area contributed by atoms with E-state index in [4.69, 9.17) is 4.74 Å². The number of rotatable bonds is 6. The predicted molar refractivity (Wildman–Crippen MR) is 80.6 cm³/mol. The van der Waals surface area contributed by atoms with Crippen molar-refractivity contribution in [1.29, 1.82) is 0 Å². The molecule has 1 heterocycles. The van der Waals surface area contributed by atoms with E-state index in [-0.39, 0.29) is 0 Å². The van der Waals surface area contributed by atoms with Crippen LogP contribution in [0, 0.1) is 0 Å². The molecule has 0 radical (unpaired) electrons. The average Bonchev–Trinajstić information content (AvgIpc) is 2.46. The third-order valence-corrected chi connectivity index (χ3v) is 4.67. The van der Waals surface area contributed by atoms with Gasteiger partial charge in [0.25, 0.3) is 0 Å². The van der Waals surface area contributed by atoms with E-state index in [1.54, 1.807) is 0 Å². The van der Waals surface area contributed by atoms with Crippen molar-refractivity contribution in [2.75, 3.05) is 26.2 Å². The number of ether oxygens (including phenoxy) is 1. The maximum Gasteiger partial charge on any atom is 0.0702 e. The van der Waals surface area contributed by atoms with Gasteiger partial charge in [-0.1, -0.05) is 13.8 Å². The molecule has 1 aliphatic heterocycles. The maximum atomic E-state index is 5.96. The Labute approximate surface area is 119 Å². The molecule has 3 nitrogen and oxygen atoms in total. The van der Waals surface area contributed by atoms with E-state index in [9.17, 15) is 0 Å². The third kappa shape index (κ3) is 4.73. The number of nitrogens with zero attached hydrogens (tertiary/aromatic N) is 1. The zero-order chi connectivity index (χ0) is 13.5. The molecular weight excluding hydrogens is 236 g/mol. The Bertz CT molecular complexity index is 239. The monoisotopic (exact) mass is 268 g/mol. The lowest BCUT2D eigenvalue weighted by atomic mass is 9.89. The summed E-state index contributed by atoms with van der Waals surface area (Å²) in [6, 6.07) is 1.60. The van der Waals surface area contributed by atoms with Crippen LogP contribution >= 0.6 is 0 Å². The molecule has 3 heteroatoms. The molecule has 1 saturated heterocycles. The quantitative estimate of drug-likeness (QED) is 0.801. The minimum Gasteiger partial charge on any atom is -0.377 e. The van der Waals surface area contributed by atoms with Crippen molar-refractivity contribution in [3.8, 4) is 0 Å². The highest BCUT2D eigenvalue weighted by atomic mass is 16.5. The normalized spacial score (nSPS) is 33.5. The van der Waals surface area contributed by atoms with Crippen LogP contribution in [-0.2, 0) is 4.74 Å². The van der Waals surface area contributed by atoms with Gasteiger partial charge in [-0.05, 0) is 58.0 Å². The van der Waals surface area contributed by atoms with E-state index < -0.39 is 0 Å². The fraction of sp³-hybridized carbons (Fsp3) is 1.00. The summed E-state index contributed by atoms with van der Waals surface area (Å²) in [6.07, 6.45) is 9.69. The lowest BCUT2D eigenvalue weighted by Gasteiger charge is -2.41. The molecule has 2 aliphatic rings. The van der Waals surface area contributed by atoms with Crippen molar-refractivity contribution in [3.05, 3.63) is 0 Å². The van der Waals surface area contributed by atoms with Crippen LogP contribution in [0.25, 0.3) is 0 Å². The highest BCUT2D eigenvalue weighted by Crippen LogP contribution is 2.26. The van der Waals surface area contributed by atoms with Crippen molar-refractivity contribution in [1.82, 2.24) is 10.2 Å². The van der Waals surface area contributed by atoms with E-state index in [0.29, 0.717) is 6.10 Å². The van der Waals surface area contributed by atoms with Crippen LogP contribution in [-0.4, -0.2) is 49.3 Å². The summed E-state index contributed by atoms with van der Waals surface area (Å²) in [4.78, 5) is 2.71. The van der Waals surface area contributed by atoms with Gasteiger partial charge in [0.1, 0.15) is 0 Å². The van der Waals surface area contributed by atoms with E-state index >= 15 is 0 Å². The number of hydrogen-bond acceptors (Lipinski definition) is 3. The van der Waals surface area contributed by atoms with Crippen molar-refractivity contribution >= 4 is 0 Å². The van der Waals surface area contributed by atoms with Crippen molar-refractivity contribution in [3.63, 3.8) is 0 Å². The van der Waals surface area contributed by atoms with Gasteiger partial charge in [0.05, 0.1) is 6.10 Å². The molecule has 1 saturated carbocycles. The fourth-order valence-electron chi connectivity index (χ4n) is 3.65. The van der Waals surface area contributed by atoms with Crippen LogP contribution in [0.5, 0.6) is 0 Å². The van der Waals surface area contributed by atoms with Crippen molar-refractivity contribution < 1.29 is 4.74 Å². The van der Waals surface area contributed by atoms with Crippen LogP contribution in [0.2, 0.25) is 0 Å². The fourth-order valence-corrected chi connectivity index (χ4v) is 3.65. The van der Waals surface area contributed by atoms with Gasteiger partial charge < -0.3 is 10.1 Å². The Morgan fingerprint density at radius 3 is 2.58 bits per heavy atom. The standard InChI is InChI=1S/C16H32N2O/c1-3-12-19-16-6-5-11-18(13-16)15-9-7-14(8-10-15)17-4-2/h14-17H,3-13H2,1-2H3. The van der Waals surface area contributed by atoms with Crippen LogP contribution < -0.4 is 5.32 Å². The first-order valence-corrected chi connectivity index (χ1v) is 8.42. The SMILES string of the molecule is CCCOC1CCCN(C2CCC(NCC)CC2)C1. The van der Waals surface area contributed by atoms with Crippen LogP contribution in [0.1, 0.15) is 58.8 Å². The van der Waals surface area contributed by atoms with Crippen molar-refractivity contribution in [2.45, 2.75) is 77.0 Å². The molecule has 0 spiro atoms. The van der Waals surface area contributed by atoms with Gasteiger partial charge >= 0.3 is 0 Å². The first-order chi connectivity index (χ1) is 9.33. The molecule has 0 bridgehead atoms. The molecule has 112 valence electrons. The lowest BCUT2D eigenvalue weighted by Crippen LogP contribution is -2.48. The van der Waals surface area contributed by atoms with E-state index in [1.165, 1.54) is 51.6 Å². The zero-order valence-electron chi connectivity index (χ0n) is 12.9. The summed E-state index contributed by atoms with van der Waals surface area (Å²) in [5, 5.41) is 3.60. The van der Waals surface area contributed by atoms with Gasteiger partial charge in [0.2, 0.25) is 0 Å². The second-order valence-electron chi connectivity index (χ2n) is 6.19. The lowest BCUT2D eigenvalue weighted by molar-refractivity contribution is -0.0182. The second kappa shape index (κ2) is 8.23. The molecule has 1 atom stereocenters. The molecule has 0 aromatic carbocycles. The minimum absolute atomic E-state index is 0.500. The molecule has 1 aliphatic carbocycles.